The molecule has 0 bridgehead atoms. The molecule has 1 heterocycles. The van der Waals surface area contributed by atoms with Crippen molar-refractivity contribution in [3.63, 3.8) is 0 Å². The van der Waals surface area contributed by atoms with E-state index in [9.17, 15) is 9.59 Å². The molecule has 0 saturated heterocycles. The first kappa shape index (κ1) is 13.0. The molecule has 0 atom stereocenters. The van der Waals surface area contributed by atoms with Crippen LogP contribution in [0.5, 0.6) is 0 Å². The first-order chi connectivity index (χ1) is 8.65. The van der Waals surface area contributed by atoms with E-state index in [1.807, 2.05) is 0 Å². The van der Waals surface area contributed by atoms with Crippen molar-refractivity contribution in [1.82, 2.24) is 4.98 Å². The smallest absolute Gasteiger partial charge is 0.268 e. The average Bonchev–Trinajstić information content (AvgIpc) is 2.78. The molecule has 2 rings (SSSR count). The van der Waals surface area contributed by atoms with E-state index in [1.54, 1.807) is 5.38 Å². The molecular weight excluding hydrogens is 250 g/mol. The fourth-order valence-electron chi connectivity index (χ4n) is 2.27. The number of anilines is 1. The Morgan fingerprint density at radius 1 is 1.39 bits per heavy atom. The Bertz CT molecular complexity index is 438. The van der Waals surface area contributed by atoms with Gasteiger partial charge in [0.05, 0.1) is 0 Å². The molecule has 1 fully saturated rings. The Kier molecular flexibility index (Phi) is 4.30. The number of nitrogens with zero attached hydrogens (tertiary/aromatic N) is 1. The third-order valence-corrected chi connectivity index (χ3v) is 3.96. The van der Waals surface area contributed by atoms with Crippen molar-refractivity contribution in [1.29, 1.82) is 0 Å². The predicted molar refractivity (Wildman–Crippen MR) is 70.5 cm³/mol. The topological polar surface area (TPSA) is 85.1 Å². The zero-order valence-electron chi connectivity index (χ0n) is 10.1. The third kappa shape index (κ3) is 3.53. The summed E-state index contributed by atoms with van der Waals surface area (Å²) in [5.41, 5.74) is 5.30. The van der Waals surface area contributed by atoms with Gasteiger partial charge in [0.1, 0.15) is 5.69 Å². The molecule has 2 amide bonds. The Hall–Kier alpha value is -1.43. The van der Waals surface area contributed by atoms with Crippen LogP contribution < -0.4 is 11.1 Å². The highest BCUT2D eigenvalue weighted by molar-refractivity contribution is 7.14. The molecule has 5 nitrogen and oxygen atoms in total. The predicted octanol–water partition coefficient (Wildman–Crippen LogP) is 2.15. The van der Waals surface area contributed by atoms with Crippen LogP contribution in [0.1, 0.15) is 49.0 Å². The highest BCUT2D eigenvalue weighted by atomic mass is 32.1. The Morgan fingerprint density at radius 2 is 2.11 bits per heavy atom. The lowest BCUT2D eigenvalue weighted by Gasteiger charge is -2.20. The van der Waals surface area contributed by atoms with Gasteiger partial charge in [0, 0.05) is 11.8 Å². The number of aromatic nitrogens is 1. The van der Waals surface area contributed by atoms with Gasteiger partial charge in [-0.2, -0.15) is 0 Å². The summed E-state index contributed by atoms with van der Waals surface area (Å²) in [6.07, 6.45) is 6.55. The minimum absolute atomic E-state index is 0.0210. The van der Waals surface area contributed by atoms with Crippen LogP contribution in [-0.2, 0) is 4.79 Å². The van der Waals surface area contributed by atoms with Gasteiger partial charge in [0.2, 0.25) is 5.91 Å². The summed E-state index contributed by atoms with van der Waals surface area (Å²) in [5, 5.41) is 4.73. The number of nitrogens with two attached hydrogens (primary N) is 1. The van der Waals surface area contributed by atoms with Gasteiger partial charge in [-0.1, -0.05) is 19.3 Å². The SMILES string of the molecule is NC(=O)c1csc(NC(=O)CC2CCCCC2)n1. The summed E-state index contributed by atoms with van der Waals surface area (Å²) in [7, 11) is 0. The van der Waals surface area contributed by atoms with Crippen molar-refractivity contribution in [3.8, 4) is 0 Å². The van der Waals surface area contributed by atoms with E-state index in [-0.39, 0.29) is 11.6 Å². The van der Waals surface area contributed by atoms with E-state index in [0.29, 0.717) is 17.5 Å². The zero-order chi connectivity index (χ0) is 13.0. The first-order valence-electron chi connectivity index (χ1n) is 6.20. The molecule has 18 heavy (non-hydrogen) atoms. The van der Waals surface area contributed by atoms with Gasteiger partial charge >= 0.3 is 0 Å². The largest absolute Gasteiger partial charge is 0.364 e. The van der Waals surface area contributed by atoms with Gasteiger partial charge in [0.15, 0.2) is 5.13 Å². The second-order valence-corrected chi connectivity index (χ2v) is 5.52. The van der Waals surface area contributed by atoms with Crippen LogP contribution in [-0.4, -0.2) is 16.8 Å². The summed E-state index contributed by atoms with van der Waals surface area (Å²) >= 11 is 1.22. The van der Waals surface area contributed by atoms with Crippen LogP contribution in [0.4, 0.5) is 5.13 Å². The number of nitrogens with one attached hydrogen (secondary N) is 1. The summed E-state index contributed by atoms with van der Waals surface area (Å²) in [6.45, 7) is 0. The molecule has 1 aliphatic carbocycles. The third-order valence-electron chi connectivity index (χ3n) is 3.20. The minimum atomic E-state index is -0.570. The molecule has 0 aromatic carbocycles. The van der Waals surface area contributed by atoms with E-state index in [4.69, 9.17) is 5.73 Å². The minimum Gasteiger partial charge on any atom is -0.364 e. The molecule has 0 unspecified atom stereocenters. The van der Waals surface area contributed by atoms with Gasteiger partial charge in [-0.3, -0.25) is 9.59 Å². The average molecular weight is 267 g/mol. The molecule has 1 aromatic rings. The lowest BCUT2D eigenvalue weighted by molar-refractivity contribution is -0.117. The maximum atomic E-state index is 11.8. The molecule has 0 spiro atoms. The van der Waals surface area contributed by atoms with Gasteiger partial charge in [-0.05, 0) is 18.8 Å². The lowest BCUT2D eigenvalue weighted by atomic mass is 9.87. The number of primary amides is 1. The van der Waals surface area contributed by atoms with E-state index < -0.39 is 5.91 Å². The molecule has 0 radical (unpaired) electrons. The molecular formula is C12H17N3O2S. The van der Waals surface area contributed by atoms with Crippen LogP contribution in [0.25, 0.3) is 0 Å². The highest BCUT2D eigenvalue weighted by Gasteiger charge is 2.18. The van der Waals surface area contributed by atoms with Crippen molar-refractivity contribution in [2.45, 2.75) is 38.5 Å². The monoisotopic (exact) mass is 267 g/mol. The molecule has 1 saturated carbocycles. The Morgan fingerprint density at radius 3 is 2.72 bits per heavy atom. The number of carbonyl (C=O) groups excluding carboxylic acids is 2. The zero-order valence-corrected chi connectivity index (χ0v) is 11.0. The molecule has 1 aliphatic rings. The number of rotatable bonds is 4. The summed E-state index contributed by atoms with van der Waals surface area (Å²) in [6, 6.07) is 0. The number of carbonyl (C=O) groups is 2. The highest BCUT2D eigenvalue weighted by Crippen LogP contribution is 2.26. The summed E-state index contributed by atoms with van der Waals surface area (Å²) in [4.78, 5) is 26.6. The lowest BCUT2D eigenvalue weighted by Crippen LogP contribution is -2.18. The van der Waals surface area contributed by atoms with Crippen molar-refractivity contribution < 1.29 is 9.59 Å². The van der Waals surface area contributed by atoms with Gasteiger partial charge in [-0.15, -0.1) is 11.3 Å². The second-order valence-electron chi connectivity index (χ2n) is 4.66. The quantitative estimate of drug-likeness (QED) is 0.876. The summed E-state index contributed by atoms with van der Waals surface area (Å²) < 4.78 is 0. The maximum Gasteiger partial charge on any atom is 0.268 e. The normalized spacial score (nSPS) is 16.4. The number of amides is 2. The summed E-state index contributed by atoms with van der Waals surface area (Å²) in [5.74, 6) is -0.0966. The van der Waals surface area contributed by atoms with E-state index in [1.165, 1.54) is 30.6 Å². The maximum absolute atomic E-state index is 11.8. The van der Waals surface area contributed by atoms with Crippen LogP contribution in [0.3, 0.4) is 0 Å². The number of hydrogen-bond donors (Lipinski definition) is 2. The van der Waals surface area contributed by atoms with Crippen LogP contribution in [0.15, 0.2) is 5.38 Å². The number of hydrogen-bond acceptors (Lipinski definition) is 4. The Labute approximate surface area is 110 Å². The fraction of sp³-hybridized carbons (Fsp3) is 0.583. The molecule has 98 valence electrons. The van der Waals surface area contributed by atoms with E-state index in [0.717, 1.165) is 12.8 Å². The molecule has 0 aliphatic heterocycles. The van der Waals surface area contributed by atoms with Crippen LogP contribution in [0.2, 0.25) is 0 Å². The van der Waals surface area contributed by atoms with Gasteiger partial charge in [0.25, 0.3) is 5.91 Å². The van der Waals surface area contributed by atoms with Crippen molar-refractivity contribution >= 4 is 28.3 Å². The van der Waals surface area contributed by atoms with Gasteiger partial charge < -0.3 is 11.1 Å². The fourth-order valence-corrected chi connectivity index (χ4v) is 2.98. The van der Waals surface area contributed by atoms with Crippen molar-refractivity contribution in [3.05, 3.63) is 11.1 Å². The second kappa shape index (κ2) is 5.95. The van der Waals surface area contributed by atoms with Gasteiger partial charge in [-0.25, -0.2) is 4.98 Å². The van der Waals surface area contributed by atoms with E-state index >= 15 is 0 Å². The molecule has 6 heteroatoms. The van der Waals surface area contributed by atoms with Crippen LogP contribution >= 0.6 is 11.3 Å². The first-order valence-corrected chi connectivity index (χ1v) is 7.08. The standard InChI is InChI=1S/C12H17N3O2S/c13-11(17)9-7-18-12(14-9)15-10(16)6-8-4-2-1-3-5-8/h7-8H,1-6H2,(H2,13,17)(H,14,15,16). The van der Waals surface area contributed by atoms with Crippen molar-refractivity contribution in [2.24, 2.45) is 11.7 Å². The Balaban J connectivity index is 1.84. The van der Waals surface area contributed by atoms with Crippen LogP contribution in [0, 0.1) is 5.92 Å². The van der Waals surface area contributed by atoms with Crippen molar-refractivity contribution in [2.75, 3.05) is 5.32 Å². The van der Waals surface area contributed by atoms with E-state index in [2.05, 4.69) is 10.3 Å². The number of thiazole rings is 1. The molecule has 1 aromatic heterocycles. The molecule has 3 N–H and O–H groups in total.